The van der Waals surface area contributed by atoms with Crippen LogP contribution in [0.15, 0.2) is 48.5 Å². The predicted octanol–water partition coefficient (Wildman–Crippen LogP) is 2.92. The summed E-state index contributed by atoms with van der Waals surface area (Å²) < 4.78 is 5.20. The summed E-state index contributed by atoms with van der Waals surface area (Å²) in [7, 11) is 5.68. The van der Waals surface area contributed by atoms with Crippen LogP contribution < -0.4 is 20.3 Å². The Hall–Kier alpha value is -2.69. The molecule has 0 aliphatic heterocycles. The molecule has 0 unspecified atom stereocenters. The molecule has 0 radical (unpaired) electrons. The Kier molecular flexibility index (Phi) is 7.14. The lowest BCUT2D eigenvalue weighted by atomic mass is 10.1. The Labute approximate surface area is 150 Å². The minimum atomic E-state index is 0.0558. The first kappa shape index (κ1) is 18.6. The zero-order valence-electron chi connectivity index (χ0n) is 15.2. The first-order valence-electron chi connectivity index (χ1n) is 8.49. The van der Waals surface area contributed by atoms with E-state index >= 15 is 0 Å². The molecular formula is C20H27N3O2. The molecule has 2 aromatic rings. The number of carbonyl (C=O) groups is 1. The third-order valence-corrected chi connectivity index (χ3v) is 3.93. The number of hydrogen-bond donors (Lipinski definition) is 2. The highest BCUT2D eigenvalue weighted by Gasteiger charge is 2.02. The number of amides is 1. The van der Waals surface area contributed by atoms with Gasteiger partial charge in [0.05, 0.1) is 7.11 Å². The van der Waals surface area contributed by atoms with Gasteiger partial charge in [-0.05, 0) is 48.4 Å². The van der Waals surface area contributed by atoms with Crippen LogP contribution >= 0.6 is 0 Å². The second-order valence-electron chi connectivity index (χ2n) is 6.07. The first-order chi connectivity index (χ1) is 12.1. The summed E-state index contributed by atoms with van der Waals surface area (Å²) in [4.78, 5) is 14.0. The van der Waals surface area contributed by atoms with Gasteiger partial charge in [-0.25, -0.2) is 0 Å². The van der Waals surface area contributed by atoms with E-state index in [1.165, 1.54) is 0 Å². The maximum atomic E-state index is 11.9. The van der Waals surface area contributed by atoms with Crippen LogP contribution in [0.4, 0.5) is 11.4 Å². The number of carbonyl (C=O) groups excluding carboxylic acids is 1. The van der Waals surface area contributed by atoms with E-state index in [1.54, 1.807) is 7.11 Å². The molecule has 0 aliphatic rings. The maximum absolute atomic E-state index is 11.9. The number of rotatable bonds is 9. The van der Waals surface area contributed by atoms with Crippen molar-refractivity contribution in [3.05, 3.63) is 54.1 Å². The standard InChI is InChI=1S/C20H27N3O2/c1-23(2)18-9-7-17(8-10-18)21-14-12-20(24)22-13-11-16-5-4-6-19(15-16)25-3/h4-10,15,21H,11-14H2,1-3H3,(H,22,24). The average Bonchev–Trinajstić information content (AvgIpc) is 2.62. The molecule has 1 amide bonds. The summed E-state index contributed by atoms with van der Waals surface area (Å²) in [6, 6.07) is 16.1. The van der Waals surface area contributed by atoms with E-state index in [0.717, 1.165) is 29.1 Å². The number of ether oxygens (including phenoxy) is 1. The minimum absolute atomic E-state index is 0.0558. The fraction of sp³-hybridized carbons (Fsp3) is 0.350. The first-order valence-corrected chi connectivity index (χ1v) is 8.49. The number of methoxy groups -OCH3 is 1. The highest BCUT2D eigenvalue weighted by molar-refractivity contribution is 5.76. The molecule has 25 heavy (non-hydrogen) atoms. The summed E-state index contributed by atoms with van der Waals surface area (Å²) in [5.74, 6) is 0.897. The van der Waals surface area contributed by atoms with Crippen molar-refractivity contribution in [2.24, 2.45) is 0 Å². The number of nitrogens with zero attached hydrogens (tertiary/aromatic N) is 1. The quantitative estimate of drug-likeness (QED) is 0.736. The average molecular weight is 341 g/mol. The van der Waals surface area contributed by atoms with E-state index in [9.17, 15) is 4.79 Å². The zero-order chi connectivity index (χ0) is 18.1. The Balaban J connectivity index is 1.65. The monoisotopic (exact) mass is 341 g/mol. The second kappa shape index (κ2) is 9.57. The van der Waals surface area contributed by atoms with Gasteiger partial charge in [0.2, 0.25) is 5.91 Å². The molecule has 0 atom stereocenters. The van der Waals surface area contributed by atoms with Crippen LogP contribution in [-0.2, 0) is 11.2 Å². The van der Waals surface area contributed by atoms with Gasteiger partial charge in [0.15, 0.2) is 0 Å². The van der Waals surface area contributed by atoms with E-state index < -0.39 is 0 Å². The van der Waals surface area contributed by atoms with E-state index in [4.69, 9.17) is 4.74 Å². The fourth-order valence-corrected chi connectivity index (χ4v) is 2.46. The molecule has 2 aromatic carbocycles. The number of hydrogen-bond acceptors (Lipinski definition) is 4. The SMILES string of the molecule is COc1cccc(CCNC(=O)CCNc2ccc(N(C)C)cc2)c1. The summed E-state index contributed by atoms with van der Waals surface area (Å²) in [6.45, 7) is 1.25. The number of benzene rings is 2. The van der Waals surface area contributed by atoms with Gasteiger partial charge in [-0.2, -0.15) is 0 Å². The molecule has 0 fully saturated rings. The van der Waals surface area contributed by atoms with E-state index in [0.29, 0.717) is 19.5 Å². The molecule has 0 bridgehead atoms. The molecule has 0 aliphatic carbocycles. The van der Waals surface area contributed by atoms with Gasteiger partial charge in [0.1, 0.15) is 5.75 Å². The van der Waals surface area contributed by atoms with Crippen molar-refractivity contribution in [2.75, 3.05) is 44.5 Å². The van der Waals surface area contributed by atoms with Gasteiger partial charge in [-0.15, -0.1) is 0 Å². The van der Waals surface area contributed by atoms with Gasteiger partial charge < -0.3 is 20.3 Å². The van der Waals surface area contributed by atoms with Crippen molar-refractivity contribution in [1.82, 2.24) is 5.32 Å². The summed E-state index contributed by atoms with van der Waals surface area (Å²) in [5, 5.41) is 6.22. The summed E-state index contributed by atoms with van der Waals surface area (Å²) >= 11 is 0. The maximum Gasteiger partial charge on any atom is 0.221 e. The predicted molar refractivity (Wildman–Crippen MR) is 104 cm³/mol. The molecule has 0 heterocycles. The van der Waals surface area contributed by atoms with Crippen molar-refractivity contribution in [2.45, 2.75) is 12.8 Å². The smallest absolute Gasteiger partial charge is 0.221 e. The Morgan fingerprint density at radius 3 is 2.52 bits per heavy atom. The Morgan fingerprint density at radius 1 is 1.08 bits per heavy atom. The number of nitrogens with one attached hydrogen (secondary N) is 2. The molecule has 134 valence electrons. The second-order valence-corrected chi connectivity index (χ2v) is 6.07. The van der Waals surface area contributed by atoms with Crippen LogP contribution in [0.3, 0.4) is 0 Å². The van der Waals surface area contributed by atoms with Crippen LogP contribution in [0.25, 0.3) is 0 Å². The zero-order valence-corrected chi connectivity index (χ0v) is 15.2. The van der Waals surface area contributed by atoms with Crippen molar-refractivity contribution in [3.8, 4) is 5.75 Å². The van der Waals surface area contributed by atoms with Crippen molar-refractivity contribution < 1.29 is 9.53 Å². The lowest BCUT2D eigenvalue weighted by molar-refractivity contribution is -0.120. The third kappa shape index (κ3) is 6.37. The van der Waals surface area contributed by atoms with Gasteiger partial charge >= 0.3 is 0 Å². The van der Waals surface area contributed by atoms with Gasteiger partial charge in [0, 0.05) is 45.0 Å². The highest BCUT2D eigenvalue weighted by Crippen LogP contribution is 2.15. The highest BCUT2D eigenvalue weighted by atomic mass is 16.5. The normalized spacial score (nSPS) is 10.2. The van der Waals surface area contributed by atoms with Crippen LogP contribution in [0.1, 0.15) is 12.0 Å². The van der Waals surface area contributed by atoms with Crippen molar-refractivity contribution >= 4 is 17.3 Å². The molecule has 0 spiro atoms. The van der Waals surface area contributed by atoms with E-state index in [2.05, 4.69) is 27.7 Å². The molecule has 5 nitrogen and oxygen atoms in total. The van der Waals surface area contributed by atoms with Crippen molar-refractivity contribution in [1.29, 1.82) is 0 Å². The van der Waals surface area contributed by atoms with Crippen LogP contribution in [-0.4, -0.2) is 40.2 Å². The Bertz CT molecular complexity index is 669. The minimum Gasteiger partial charge on any atom is -0.497 e. The lowest BCUT2D eigenvalue weighted by Crippen LogP contribution is -2.27. The van der Waals surface area contributed by atoms with Gasteiger partial charge in [-0.3, -0.25) is 4.79 Å². The Morgan fingerprint density at radius 2 is 1.84 bits per heavy atom. The lowest BCUT2D eigenvalue weighted by Gasteiger charge is -2.13. The molecule has 0 aromatic heterocycles. The van der Waals surface area contributed by atoms with Gasteiger partial charge in [-0.1, -0.05) is 12.1 Å². The van der Waals surface area contributed by atoms with Crippen LogP contribution in [0, 0.1) is 0 Å². The largest absolute Gasteiger partial charge is 0.497 e. The molecule has 0 saturated heterocycles. The molecule has 2 rings (SSSR count). The third-order valence-electron chi connectivity index (χ3n) is 3.93. The summed E-state index contributed by atoms with van der Waals surface area (Å²) in [5.41, 5.74) is 3.33. The summed E-state index contributed by atoms with van der Waals surface area (Å²) in [6.07, 6.45) is 1.25. The van der Waals surface area contributed by atoms with Gasteiger partial charge in [0.25, 0.3) is 0 Å². The van der Waals surface area contributed by atoms with Crippen molar-refractivity contribution in [3.63, 3.8) is 0 Å². The molecule has 5 heteroatoms. The molecular weight excluding hydrogens is 314 g/mol. The molecule has 2 N–H and O–H groups in total. The van der Waals surface area contributed by atoms with Crippen LogP contribution in [0.5, 0.6) is 5.75 Å². The van der Waals surface area contributed by atoms with E-state index in [-0.39, 0.29) is 5.91 Å². The van der Waals surface area contributed by atoms with Crippen LogP contribution in [0.2, 0.25) is 0 Å². The number of anilines is 2. The fourth-order valence-electron chi connectivity index (χ4n) is 2.46. The molecule has 0 saturated carbocycles. The van der Waals surface area contributed by atoms with E-state index in [1.807, 2.05) is 50.5 Å². The topological polar surface area (TPSA) is 53.6 Å².